The van der Waals surface area contributed by atoms with Crippen molar-refractivity contribution in [1.82, 2.24) is 14.4 Å². The van der Waals surface area contributed by atoms with E-state index in [9.17, 15) is 10.1 Å². The Morgan fingerprint density at radius 2 is 2.04 bits per heavy atom. The largest absolute Gasteiger partial charge is 0.378 e. The molecule has 1 fully saturated rings. The Morgan fingerprint density at radius 3 is 2.85 bits per heavy atom. The maximum Gasteiger partial charge on any atom is 0.270 e. The van der Waals surface area contributed by atoms with Crippen molar-refractivity contribution in [3.8, 4) is 11.4 Å². The smallest absolute Gasteiger partial charge is 0.270 e. The van der Waals surface area contributed by atoms with Gasteiger partial charge in [-0.05, 0) is 12.1 Å². The summed E-state index contributed by atoms with van der Waals surface area (Å²) in [5.74, 6) is 0.646. The number of fused-ring (bicyclic) bond motifs is 1. The van der Waals surface area contributed by atoms with Crippen molar-refractivity contribution in [3.05, 3.63) is 64.5 Å². The molecule has 0 radical (unpaired) electrons. The Morgan fingerprint density at radius 1 is 1.19 bits per heavy atom. The second kappa shape index (κ2) is 6.93. The molecule has 0 aliphatic carbocycles. The maximum atomic E-state index is 11.1. The number of hydrogen-bond donors (Lipinski definition) is 0. The van der Waals surface area contributed by atoms with E-state index in [0.29, 0.717) is 24.6 Å². The van der Waals surface area contributed by atoms with Crippen LogP contribution < -0.4 is 0 Å². The van der Waals surface area contributed by atoms with Crippen LogP contribution >= 0.6 is 0 Å². The molecule has 0 bridgehead atoms. The molecular weight excluding hydrogens is 334 g/mol. The number of ether oxygens (including phenoxy) is 1. The highest BCUT2D eigenvalue weighted by atomic mass is 16.6. The van der Waals surface area contributed by atoms with Crippen LogP contribution in [-0.4, -0.2) is 51.8 Å². The van der Waals surface area contributed by atoms with Gasteiger partial charge in [0.2, 0.25) is 0 Å². The third kappa shape index (κ3) is 3.14. The number of non-ortho nitro benzene ring substituents is 1. The van der Waals surface area contributed by atoms with Gasteiger partial charge in [-0.15, -0.1) is 0 Å². The lowest BCUT2D eigenvalue weighted by molar-refractivity contribution is -0.384. The fourth-order valence-corrected chi connectivity index (χ4v) is 2.92. The molecule has 1 aliphatic rings. The van der Waals surface area contributed by atoms with Gasteiger partial charge in [-0.3, -0.25) is 19.5 Å². The average Bonchev–Trinajstić information content (AvgIpc) is 3.06. The molecule has 0 atom stereocenters. The number of imidazole rings is 1. The first-order valence-electron chi connectivity index (χ1n) is 8.31. The molecule has 4 rings (SSSR count). The second-order valence-corrected chi connectivity index (χ2v) is 5.89. The molecule has 1 saturated heterocycles. The Balaban J connectivity index is 1.75. The lowest BCUT2D eigenvalue weighted by Crippen LogP contribution is -2.32. The average molecular weight is 351 g/mol. The Labute approximate surface area is 149 Å². The predicted octanol–water partition coefficient (Wildman–Crippen LogP) is 2.58. The number of benzene rings is 1. The van der Waals surface area contributed by atoms with E-state index >= 15 is 0 Å². The minimum atomic E-state index is -0.403. The van der Waals surface area contributed by atoms with Crippen LogP contribution in [0.25, 0.3) is 16.9 Å². The van der Waals surface area contributed by atoms with Crippen molar-refractivity contribution in [2.75, 3.05) is 26.3 Å². The first-order valence-corrected chi connectivity index (χ1v) is 8.31. The number of morpholine rings is 1. The molecule has 8 heteroatoms. The molecule has 0 saturated carbocycles. The van der Waals surface area contributed by atoms with Crippen molar-refractivity contribution in [2.24, 2.45) is 5.10 Å². The summed E-state index contributed by atoms with van der Waals surface area (Å²) in [6.07, 6.45) is 3.63. The maximum absolute atomic E-state index is 11.1. The zero-order valence-corrected chi connectivity index (χ0v) is 14.0. The van der Waals surface area contributed by atoms with Gasteiger partial charge in [0.1, 0.15) is 11.5 Å². The summed E-state index contributed by atoms with van der Waals surface area (Å²) >= 11 is 0. The van der Waals surface area contributed by atoms with Gasteiger partial charge in [-0.25, -0.2) is 4.98 Å². The van der Waals surface area contributed by atoms with Gasteiger partial charge in [-0.1, -0.05) is 18.2 Å². The number of nitro benzene ring substituents is 1. The summed E-state index contributed by atoms with van der Waals surface area (Å²) in [6.45, 7) is 2.83. The highest BCUT2D eigenvalue weighted by molar-refractivity contribution is 5.89. The van der Waals surface area contributed by atoms with Crippen molar-refractivity contribution in [1.29, 1.82) is 0 Å². The van der Waals surface area contributed by atoms with Crippen LogP contribution in [0.5, 0.6) is 0 Å². The summed E-state index contributed by atoms with van der Waals surface area (Å²) in [7, 11) is 0. The monoisotopic (exact) mass is 351 g/mol. The molecule has 0 amide bonds. The quantitative estimate of drug-likeness (QED) is 0.410. The van der Waals surface area contributed by atoms with Crippen molar-refractivity contribution in [2.45, 2.75) is 0 Å². The second-order valence-electron chi connectivity index (χ2n) is 5.89. The number of nitrogens with zero attached hydrogens (tertiary/aromatic N) is 5. The number of hydrogen-bond acceptors (Lipinski definition) is 6. The molecule has 0 N–H and O–H groups in total. The van der Waals surface area contributed by atoms with Gasteiger partial charge in [0, 0.05) is 23.9 Å². The third-order valence-electron chi connectivity index (χ3n) is 4.22. The van der Waals surface area contributed by atoms with Gasteiger partial charge in [0.25, 0.3) is 5.69 Å². The highest BCUT2D eigenvalue weighted by Gasteiger charge is 2.15. The fraction of sp³-hybridized carbons (Fsp3) is 0.222. The molecule has 132 valence electrons. The van der Waals surface area contributed by atoms with E-state index in [1.54, 1.807) is 12.3 Å². The highest BCUT2D eigenvalue weighted by Crippen LogP contribution is 2.25. The van der Waals surface area contributed by atoms with Crippen LogP contribution in [-0.2, 0) is 4.74 Å². The van der Waals surface area contributed by atoms with E-state index in [4.69, 9.17) is 4.74 Å². The van der Waals surface area contributed by atoms with E-state index < -0.39 is 4.92 Å². The van der Waals surface area contributed by atoms with Gasteiger partial charge >= 0.3 is 0 Å². The van der Waals surface area contributed by atoms with Gasteiger partial charge < -0.3 is 4.74 Å². The predicted molar refractivity (Wildman–Crippen MR) is 97.3 cm³/mol. The number of pyridine rings is 1. The Hall–Kier alpha value is -3.26. The normalized spacial score (nSPS) is 15.0. The molecule has 1 aromatic carbocycles. The SMILES string of the molecule is O=[N+]([O-])c1cccc(-c2nc(/C=N\N3CCOCC3)c3ccccn23)c1. The fourth-order valence-electron chi connectivity index (χ4n) is 2.92. The van der Waals surface area contributed by atoms with Crippen molar-refractivity contribution in [3.63, 3.8) is 0 Å². The van der Waals surface area contributed by atoms with Crippen LogP contribution in [0, 0.1) is 10.1 Å². The minimum Gasteiger partial charge on any atom is -0.378 e. The summed E-state index contributed by atoms with van der Waals surface area (Å²) in [4.78, 5) is 15.3. The molecule has 2 aromatic heterocycles. The molecule has 8 nitrogen and oxygen atoms in total. The van der Waals surface area contributed by atoms with E-state index in [-0.39, 0.29) is 5.69 Å². The summed E-state index contributed by atoms with van der Waals surface area (Å²) < 4.78 is 7.24. The number of rotatable bonds is 4. The van der Waals surface area contributed by atoms with Crippen LogP contribution in [0.2, 0.25) is 0 Å². The number of nitro groups is 1. The molecule has 3 aromatic rings. The molecule has 0 spiro atoms. The molecule has 26 heavy (non-hydrogen) atoms. The molecule has 1 aliphatic heterocycles. The summed E-state index contributed by atoms with van der Waals surface area (Å²) in [5.41, 5.74) is 2.34. The van der Waals surface area contributed by atoms with E-state index in [2.05, 4.69) is 10.1 Å². The molecule has 0 unspecified atom stereocenters. The molecular formula is C18H17N5O3. The summed E-state index contributed by atoms with van der Waals surface area (Å²) in [5, 5.41) is 17.5. The topological polar surface area (TPSA) is 85.3 Å². The van der Waals surface area contributed by atoms with Crippen molar-refractivity contribution < 1.29 is 9.66 Å². The van der Waals surface area contributed by atoms with Crippen LogP contribution in [0.15, 0.2) is 53.8 Å². The number of aromatic nitrogens is 2. The first kappa shape index (κ1) is 16.2. The molecule has 3 heterocycles. The Kier molecular flexibility index (Phi) is 4.32. The third-order valence-corrected chi connectivity index (χ3v) is 4.22. The first-order chi connectivity index (χ1) is 12.7. The van der Waals surface area contributed by atoms with Crippen LogP contribution in [0.4, 0.5) is 5.69 Å². The Bertz CT molecular complexity index is 976. The van der Waals surface area contributed by atoms with E-state index in [1.807, 2.05) is 39.9 Å². The standard InChI is InChI=1S/C18H17N5O3/c24-23(25)15-5-3-4-14(12-15)18-20-16(17-6-1-2-7-22(17)18)13-19-21-8-10-26-11-9-21/h1-7,12-13H,8-11H2/b19-13-. The van der Waals surface area contributed by atoms with Gasteiger partial charge in [0.15, 0.2) is 0 Å². The lowest BCUT2D eigenvalue weighted by Gasteiger charge is -2.23. The van der Waals surface area contributed by atoms with Crippen LogP contribution in [0.1, 0.15) is 5.69 Å². The number of hydrazone groups is 1. The van der Waals surface area contributed by atoms with Gasteiger partial charge in [-0.2, -0.15) is 5.10 Å². The summed E-state index contributed by atoms with van der Waals surface area (Å²) in [6, 6.07) is 12.3. The lowest BCUT2D eigenvalue weighted by atomic mass is 10.2. The van der Waals surface area contributed by atoms with E-state index in [0.717, 1.165) is 24.3 Å². The van der Waals surface area contributed by atoms with Crippen LogP contribution in [0.3, 0.4) is 0 Å². The zero-order chi connectivity index (χ0) is 17.9. The van der Waals surface area contributed by atoms with E-state index in [1.165, 1.54) is 12.1 Å². The van der Waals surface area contributed by atoms with Gasteiger partial charge in [0.05, 0.1) is 43.0 Å². The minimum absolute atomic E-state index is 0.0405. The zero-order valence-electron chi connectivity index (χ0n) is 14.0. The van der Waals surface area contributed by atoms with Crippen molar-refractivity contribution >= 4 is 17.4 Å².